The summed E-state index contributed by atoms with van der Waals surface area (Å²) in [5.74, 6) is -0.148. The number of fused-ring (bicyclic) bond motifs is 1. The lowest BCUT2D eigenvalue weighted by atomic mass is 10.2. The third-order valence-electron chi connectivity index (χ3n) is 2.13. The van der Waals surface area contributed by atoms with E-state index >= 15 is 0 Å². The van der Waals surface area contributed by atoms with Gasteiger partial charge in [0.1, 0.15) is 18.1 Å². The molecule has 0 bridgehead atoms. The molecule has 16 heavy (non-hydrogen) atoms. The number of carbonyl (C=O) groups is 1. The molecular formula is C10H11N5O. The quantitative estimate of drug-likeness (QED) is 0.570. The number of carbonyl (C=O) groups excluding carboxylic acids is 1. The SMILES string of the molecule is CC(=O)Cn1nc(C(=N)N)c2cccnc21. The summed E-state index contributed by atoms with van der Waals surface area (Å²) in [7, 11) is 0. The molecule has 0 saturated carbocycles. The first-order valence-electron chi connectivity index (χ1n) is 4.75. The highest BCUT2D eigenvalue weighted by atomic mass is 16.1. The first-order valence-corrected chi connectivity index (χ1v) is 4.75. The third kappa shape index (κ3) is 1.65. The molecule has 82 valence electrons. The van der Waals surface area contributed by atoms with E-state index in [-0.39, 0.29) is 18.2 Å². The predicted octanol–water partition coefficient (Wildman–Crippen LogP) is 0.304. The topological polar surface area (TPSA) is 97.7 Å². The monoisotopic (exact) mass is 217 g/mol. The van der Waals surface area contributed by atoms with E-state index < -0.39 is 0 Å². The molecule has 6 nitrogen and oxygen atoms in total. The van der Waals surface area contributed by atoms with Gasteiger partial charge in [0.15, 0.2) is 11.4 Å². The fourth-order valence-corrected chi connectivity index (χ4v) is 1.53. The third-order valence-corrected chi connectivity index (χ3v) is 2.13. The number of amidine groups is 1. The molecule has 0 fully saturated rings. The maximum atomic E-state index is 11.1. The normalized spacial score (nSPS) is 10.6. The lowest BCUT2D eigenvalue weighted by Gasteiger charge is -1.97. The van der Waals surface area contributed by atoms with E-state index in [1.54, 1.807) is 18.3 Å². The van der Waals surface area contributed by atoms with E-state index in [1.165, 1.54) is 11.6 Å². The minimum atomic E-state index is -0.125. The molecule has 2 heterocycles. The van der Waals surface area contributed by atoms with Crippen LogP contribution in [0.3, 0.4) is 0 Å². The number of rotatable bonds is 3. The summed E-state index contributed by atoms with van der Waals surface area (Å²) in [6.07, 6.45) is 1.62. The van der Waals surface area contributed by atoms with E-state index in [0.29, 0.717) is 16.7 Å². The van der Waals surface area contributed by atoms with Crippen molar-refractivity contribution in [1.29, 1.82) is 5.41 Å². The minimum absolute atomic E-state index is 0.0230. The Bertz CT molecular complexity index is 572. The van der Waals surface area contributed by atoms with Crippen molar-refractivity contribution in [2.24, 2.45) is 5.73 Å². The molecule has 0 radical (unpaired) electrons. The molecule has 2 aromatic rings. The summed E-state index contributed by atoms with van der Waals surface area (Å²) >= 11 is 0. The van der Waals surface area contributed by atoms with Gasteiger partial charge in [0.25, 0.3) is 0 Å². The summed E-state index contributed by atoms with van der Waals surface area (Å²) in [6, 6.07) is 3.53. The Morgan fingerprint density at radius 3 is 3.00 bits per heavy atom. The van der Waals surface area contributed by atoms with Crippen LogP contribution in [0.25, 0.3) is 11.0 Å². The number of ketones is 1. The van der Waals surface area contributed by atoms with E-state index in [2.05, 4.69) is 10.1 Å². The molecule has 0 aliphatic rings. The molecule has 3 N–H and O–H groups in total. The van der Waals surface area contributed by atoms with Crippen molar-refractivity contribution in [3.63, 3.8) is 0 Å². The lowest BCUT2D eigenvalue weighted by molar-refractivity contribution is -0.117. The molecular weight excluding hydrogens is 206 g/mol. The van der Waals surface area contributed by atoms with Crippen molar-refractivity contribution in [1.82, 2.24) is 14.8 Å². The van der Waals surface area contributed by atoms with Gasteiger partial charge < -0.3 is 5.73 Å². The van der Waals surface area contributed by atoms with Gasteiger partial charge in [-0.2, -0.15) is 5.10 Å². The zero-order valence-corrected chi connectivity index (χ0v) is 8.77. The van der Waals surface area contributed by atoms with Gasteiger partial charge in [-0.25, -0.2) is 9.67 Å². The van der Waals surface area contributed by atoms with Crippen molar-refractivity contribution in [3.8, 4) is 0 Å². The standard InChI is InChI=1S/C10H11N5O/c1-6(16)5-15-10-7(3-2-4-13-10)8(14-15)9(11)12/h2-4H,5H2,1H3,(H3,11,12). The molecule has 2 rings (SSSR count). The van der Waals surface area contributed by atoms with Crippen LogP contribution in [0.1, 0.15) is 12.6 Å². The van der Waals surface area contributed by atoms with Crippen molar-refractivity contribution in [2.75, 3.05) is 0 Å². The average molecular weight is 217 g/mol. The highest BCUT2D eigenvalue weighted by Crippen LogP contribution is 2.15. The summed E-state index contributed by atoms with van der Waals surface area (Å²) in [4.78, 5) is 15.2. The zero-order chi connectivity index (χ0) is 11.7. The molecule has 0 atom stereocenters. The number of pyridine rings is 1. The first-order chi connectivity index (χ1) is 7.59. The van der Waals surface area contributed by atoms with Crippen LogP contribution in [-0.2, 0) is 11.3 Å². The Morgan fingerprint density at radius 1 is 1.62 bits per heavy atom. The van der Waals surface area contributed by atoms with Gasteiger partial charge in [-0.05, 0) is 19.1 Å². The Kier molecular flexibility index (Phi) is 2.40. The Balaban J connectivity index is 2.66. The number of hydrogen-bond acceptors (Lipinski definition) is 4. The van der Waals surface area contributed by atoms with Gasteiger partial charge in [-0.3, -0.25) is 10.2 Å². The number of nitrogens with one attached hydrogen (secondary N) is 1. The number of nitrogens with zero attached hydrogens (tertiary/aromatic N) is 3. The molecule has 0 aromatic carbocycles. The lowest BCUT2D eigenvalue weighted by Crippen LogP contribution is -2.14. The molecule has 6 heteroatoms. The van der Waals surface area contributed by atoms with Crippen LogP contribution in [0.2, 0.25) is 0 Å². The van der Waals surface area contributed by atoms with Crippen LogP contribution in [0, 0.1) is 5.41 Å². The molecule has 0 aliphatic heterocycles. The zero-order valence-electron chi connectivity index (χ0n) is 8.77. The van der Waals surface area contributed by atoms with E-state index in [0.717, 1.165) is 0 Å². The van der Waals surface area contributed by atoms with Crippen molar-refractivity contribution in [2.45, 2.75) is 13.5 Å². The molecule has 2 aromatic heterocycles. The maximum Gasteiger partial charge on any atom is 0.158 e. The molecule has 0 aliphatic carbocycles. The summed E-state index contributed by atoms with van der Waals surface area (Å²) in [5, 5.41) is 12.2. The van der Waals surface area contributed by atoms with Crippen molar-refractivity contribution in [3.05, 3.63) is 24.0 Å². The Labute approximate surface area is 91.6 Å². The highest BCUT2D eigenvalue weighted by Gasteiger charge is 2.13. The second-order valence-corrected chi connectivity index (χ2v) is 3.50. The number of nitrogen functional groups attached to an aromatic ring is 1. The van der Waals surface area contributed by atoms with Gasteiger partial charge in [0, 0.05) is 6.20 Å². The maximum absolute atomic E-state index is 11.1. The summed E-state index contributed by atoms with van der Waals surface area (Å²) in [5.41, 5.74) is 6.36. The summed E-state index contributed by atoms with van der Waals surface area (Å²) in [6.45, 7) is 1.62. The van der Waals surface area contributed by atoms with Gasteiger partial charge >= 0.3 is 0 Å². The van der Waals surface area contributed by atoms with Crippen LogP contribution >= 0.6 is 0 Å². The van der Waals surface area contributed by atoms with E-state index in [4.69, 9.17) is 11.1 Å². The van der Waals surface area contributed by atoms with Crippen LogP contribution in [-0.4, -0.2) is 26.4 Å². The van der Waals surface area contributed by atoms with E-state index in [9.17, 15) is 4.79 Å². The molecule has 0 amide bonds. The molecule has 0 spiro atoms. The van der Waals surface area contributed by atoms with Gasteiger partial charge in [0.2, 0.25) is 0 Å². The number of nitrogens with two attached hydrogens (primary N) is 1. The summed E-state index contributed by atoms with van der Waals surface area (Å²) < 4.78 is 1.47. The van der Waals surface area contributed by atoms with E-state index in [1.807, 2.05) is 0 Å². The minimum Gasteiger partial charge on any atom is -0.382 e. The first kappa shape index (κ1) is 10.3. The number of aromatic nitrogens is 3. The Morgan fingerprint density at radius 2 is 2.38 bits per heavy atom. The van der Waals surface area contributed by atoms with Crippen LogP contribution < -0.4 is 5.73 Å². The van der Waals surface area contributed by atoms with Crippen molar-refractivity contribution >= 4 is 22.7 Å². The number of Topliss-reactive ketones (excluding diaryl/α,β-unsaturated/α-hetero) is 1. The average Bonchev–Trinajstić information content (AvgIpc) is 2.57. The highest BCUT2D eigenvalue weighted by molar-refractivity contribution is 6.04. The molecule has 0 unspecified atom stereocenters. The van der Waals surface area contributed by atoms with Crippen molar-refractivity contribution < 1.29 is 4.79 Å². The largest absolute Gasteiger partial charge is 0.382 e. The molecule has 0 saturated heterocycles. The fourth-order valence-electron chi connectivity index (χ4n) is 1.53. The fraction of sp³-hybridized carbons (Fsp3) is 0.200. The second-order valence-electron chi connectivity index (χ2n) is 3.50. The van der Waals surface area contributed by atoms with Gasteiger partial charge in [-0.15, -0.1) is 0 Å². The van der Waals surface area contributed by atoms with Crippen LogP contribution in [0.5, 0.6) is 0 Å². The van der Waals surface area contributed by atoms with Gasteiger partial charge in [-0.1, -0.05) is 0 Å². The van der Waals surface area contributed by atoms with Gasteiger partial charge in [0.05, 0.1) is 5.39 Å². The van der Waals surface area contributed by atoms with Crippen LogP contribution in [0.15, 0.2) is 18.3 Å². The smallest absolute Gasteiger partial charge is 0.158 e. The second kappa shape index (κ2) is 3.73. The Hall–Kier alpha value is -2.24. The van der Waals surface area contributed by atoms with Crippen LogP contribution in [0.4, 0.5) is 0 Å². The predicted molar refractivity (Wildman–Crippen MR) is 59.2 cm³/mol. The number of hydrogen-bond donors (Lipinski definition) is 2.